The Balaban J connectivity index is 2.02. The molecule has 0 saturated carbocycles. The van der Waals surface area contributed by atoms with Crippen molar-refractivity contribution in [2.45, 2.75) is 13.8 Å². The second kappa shape index (κ2) is 6.95. The van der Waals surface area contributed by atoms with Gasteiger partial charge < -0.3 is 10.6 Å². The van der Waals surface area contributed by atoms with Gasteiger partial charge >= 0.3 is 0 Å². The van der Waals surface area contributed by atoms with Gasteiger partial charge in [-0.3, -0.25) is 9.59 Å². The summed E-state index contributed by atoms with van der Waals surface area (Å²) in [7, 11) is 0. The Morgan fingerprint density at radius 2 is 1.41 bits per heavy atom. The number of hydrogen-bond acceptors (Lipinski definition) is 3. The molecule has 0 aliphatic carbocycles. The van der Waals surface area contributed by atoms with Gasteiger partial charge in [-0.15, -0.1) is 0 Å². The molecule has 0 atom stereocenters. The largest absolute Gasteiger partial charge is 0.332 e. The molecule has 0 unspecified atom stereocenters. The smallest absolute Gasteiger partial charge is 0.175 e. The summed E-state index contributed by atoms with van der Waals surface area (Å²) in [5, 5.41) is 6.47. The standard InChI is InChI=1S/C17H16N2O2S/c1-11(20)13-6-8-15(9-7-13)18-17(22)19-16-5-3-4-14(10-16)12(2)21/h3-10H,1-2H3,(H2,18,19,22). The first-order chi connectivity index (χ1) is 10.5. The lowest BCUT2D eigenvalue weighted by atomic mass is 10.1. The van der Waals surface area contributed by atoms with E-state index < -0.39 is 0 Å². The van der Waals surface area contributed by atoms with Crippen molar-refractivity contribution < 1.29 is 9.59 Å². The SMILES string of the molecule is CC(=O)c1ccc(NC(=S)Nc2cccc(C(C)=O)c2)cc1. The van der Waals surface area contributed by atoms with Crippen molar-refractivity contribution >= 4 is 40.3 Å². The molecule has 0 saturated heterocycles. The topological polar surface area (TPSA) is 58.2 Å². The van der Waals surface area contributed by atoms with Crippen LogP contribution in [-0.2, 0) is 0 Å². The van der Waals surface area contributed by atoms with Crippen LogP contribution in [-0.4, -0.2) is 16.7 Å². The minimum Gasteiger partial charge on any atom is -0.332 e. The van der Waals surface area contributed by atoms with Crippen molar-refractivity contribution in [1.82, 2.24) is 0 Å². The van der Waals surface area contributed by atoms with E-state index in [0.29, 0.717) is 16.2 Å². The maximum atomic E-state index is 11.4. The quantitative estimate of drug-likeness (QED) is 0.662. The predicted octanol–water partition coefficient (Wildman–Crippen LogP) is 3.90. The van der Waals surface area contributed by atoms with Crippen LogP contribution in [0, 0.1) is 0 Å². The van der Waals surface area contributed by atoms with Crippen LogP contribution in [0.2, 0.25) is 0 Å². The van der Waals surface area contributed by atoms with E-state index in [1.807, 2.05) is 6.07 Å². The van der Waals surface area contributed by atoms with Crippen molar-refractivity contribution in [2.75, 3.05) is 10.6 Å². The highest BCUT2D eigenvalue weighted by molar-refractivity contribution is 7.80. The third-order valence-electron chi connectivity index (χ3n) is 3.08. The van der Waals surface area contributed by atoms with Gasteiger partial charge in [-0.1, -0.05) is 12.1 Å². The fourth-order valence-corrected chi connectivity index (χ4v) is 2.13. The maximum absolute atomic E-state index is 11.4. The summed E-state index contributed by atoms with van der Waals surface area (Å²) in [5.41, 5.74) is 2.80. The average molecular weight is 312 g/mol. The van der Waals surface area contributed by atoms with Crippen molar-refractivity contribution in [3.8, 4) is 0 Å². The van der Waals surface area contributed by atoms with Gasteiger partial charge in [-0.25, -0.2) is 0 Å². The fraction of sp³-hybridized carbons (Fsp3) is 0.118. The van der Waals surface area contributed by atoms with E-state index in [1.54, 1.807) is 42.5 Å². The zero-order chi connectivity index (χ0) is 16.1. The van der Waals surface area contributed by atoms with E-state index in [4.69, 9.17) is 12.2 Å². The summed E-state index contributed by atoms with van der Waals surface area (Å²) in [5.74, 6) is 0.0237. The van der Waals surface area contributed by atoms with Crippen molar-refractivity contribution in [1.29, 1.82) is 0 Å². The first kappa shape index (κ1) is 15.9. The lowest BCUT2D eigenvalue weighted by Gasteiger charge is -2.11. The van der Waals surface area contributed by atoms with Crippen LogP contribution in [0.5, 0.6) is 0 Å². The van der Waals surface area contributed by atoms with Crippen LogP contribution in [0.25, 0.3) is 0 Å². The molecule has 2 aromatic carbocycles. The van der Waals surface area contributed by atoms with Gasteiger partial charge in [0.2, 0.25) is 0 Å². The zero-order valence-electron chi connectivity index (χ0n) is 12.3. The number of rotatable bonds is 4. The lowest BCUT2D eigenvalue weighted by Crippen LogP contribution is -2.19. The van der Waals surface area contributed by atoms with Crippen LogP contribution in [0.4, 0.5) is 11.4 Å². The van der Waals surface area contributed by atoms with E-state index >= 15 is 0 Å². The van der Waals surface area contributed by atoms with E-state index in [2.05, 4.69) is 10.6 Å². The molecule has 2 N–H and O–H groups in total. The third kappa shape index (κ3) is 4.23. The molecule has 0 heterocycles. The van der Waals surface area contributed by atoms with Crippen molar-refractivity contribution in [3.63, 3.8) is 0 Å². The molecule has 2 aromatic rings. The Morgan fingerprint density at radius 1 is 0.818 bits per heavy atom. The highest BCUT2D eigenvalue weighted by Crippen LogP contribution is 2.13. The van der Waals surface area contributed by atoms with Gasteiger partial charge in [0.15, 0.2) is 16.7 Å². The van der Waals surface area contributed by atoms with Gasteiger partial charge in [0.1, 0.15) is 0 Å². The molecule has 0 aliphatic heterocycles. The average Bonchev–Trinajstić information content (AvgIpc) is 2.47. The number of thiocarbonyl (C=S) groups is 1. The van der Waals surface area contributed by atoms with E-state index in [0.717, 1.165) is 11.4 Å². The van der Waals surface area contributed by atoms with Gasteiger partial charge in [0.25, 0.3) is 0 Å². The van der Waals surface area contributed by atoms with Gasteiger partial charge in [-0.2, -0.15) is 0 Å². The summed E-state index contributed by atoms with van der Waals surface area (Å²) in [6, 6.07) is 14.2. The molecule has 0 amide bonds. The highest BCUT2D eigenvalue weighted by atomic mass is 32.1. The molecule has 0 bridgehead atoms. The number of Topliss-reactive ketones (excluding diaryl/α,β-unsaturated/α-hetero) is 2. The summed E-state index contributed by atoms with van der Waals surface area (Å²) in [6.07, 6.45) is 0. The first-order valence-corrected chi connectivity index (χ1v) is 7.16. The van der Waals surface area contributed by atoms with Crippen LogP contribution in [0.3, 0.4) is 0 Å². The molecule has 0 radical (unpaired) electrons. The molecule has 0 fully saturated rings. The second-order valence-corrected chi connectivity index (χ2v) is 5.26. The number of hydrogen-bond donors (Lipinski definition) is 2. The van der Waals surface area contributed by atoms with Gasteiger partial charge in [0.05, 0.1) is 0 Å². The summed E-state index contributed by atoms with van der Waals surface area (Å²) >= 11 is 5.24. The number of carbonyl (C=O) groups excluding carboxylic acids is 2. The number of nitrogens with one attached hydrogen (secondary N) is 2. The first-order valence-electron chi connectivity index (χ1n) is 6.76. The van der Waals surface area contributed by atoms with E-state index in [1.165, 1.54) is 13.8 Å². The Kier molecular flexibility index (Phi) is 5.01. The molecular weight excluding hydrogens is 296 g/mol. The van der Waals surface area contributed by atoms with Crippen LogP contribution >= 0.6 is 12.2 Å². The zero-order valence-corrected chi connectivity index (χ0v) is 13.2. The Morgan fingerprint density at radius 3 is 2.00 bits per heavy atom. The summed E-state index contributed by atoms with van der Waals surface area (Å²) < 4.78 is 0. The third-order valence-corrected chi connectivity index (χ3v) is 3.28. The number of ketones is 2. The maximum Gasteiger partial charge on any atom is 0.175 e. The lowest BCUT2D eigenvalue weighted by molar-refractivity contribution is 0.100. The van der Waals surface area contributed by atoms with Crippen molar-refractivity contribution in [3.05, 3.63) is 59.7 Å². The van der Waals surface area contributed by atoms with E-state index in [9.17, 15) is 9.59 Å². The minimum atomic E-state index is 0.00218. The Labute approximate surface area is 134 Å². The van der Waals surface area contributed by atoms with Crippen LogP contribution < -0.4 is 10.6 Å². The molecule has 0 spiro atoms. The molecule has 5 heteroatoms. The summed E-state index contributed by atoms with van der Waals surface area (Å²) in [4.78, 5) is 22.6. The highest BCUT2D eigenvalue weighted by Gasteiger charge is 2.03. The molecular formula is C17H16N2O2S. The second-order valence-electron chi connectivity index (χ2n) is 4.85. The number of carbonyl (C=O) groups is 2. The molecule has 2 rings (SSSR count). The normalized spacial score (nSPS) is 9.91. The van der Waals surface area contributed by atoms with Gasteiger partial charge in [-0.05, 0) is 62.5 Å². The molecule has 0 aliphatic rings. The van der Waals surface area contributed by atoms with E-state index in [-0.39, 0.29) is 11.6 Å². The summed E-state index contributed by atoms with van der Waals surface area (Å²) in [6.45, 7) is 3.04. The Bertz CT molecular complexity index is 724. The number of benzene rings is 2. The molecule has 112 valence electrons. The Hall–Kier alpha value is -2.53. The number of anilines is 2. The monoisotopic (exact) mass is 312 g/mol. The van der Waals surface area contributed by atoms with Crippen LogP contribution in [0.1, 0.15) is 34.6 Å². The van der Waals surface area contributed by atoms with Crippen LogP contribution in [0.15, 0.2) is 48.5 Å². The van der Waals surface area contributed by atoms with Crippen molar-refractivity contribution in [2.24, 2.45) is 0 Å². The predicted molar refractivity (Wildman–Crippen MR) is 92.7 cm³/mol. The van der Waals surface area contributed by atoms with Gasteiger partial charge in [0, 0.05) is 22.5 Å². The minimum absolute atomic E-state index is 0.00218. The molecule has 4 nitrogen and oxygen atoms in total. The molecule has 0 aromatic heterocycles. The fourth-order valence-electron chi connectivity index (χ4n) is 1.90. The molecule has 22 heavy (non-hydrogen) atoms.